The number of hydrogen-bond acceptors (Lipinski definition) is 3. The van der Waals surface area contributed by atoms with Gasteiger partial charge in [-0.25, -0.2) is 22.2 Å². The van der Waals surface area contributed by atoms with Gasteiger partial charge in [0.05, 0.1) is 11.9 Å². The Labute approximate surface area is 116 Å². The van der Waals surface area contributed by atoms with Gasteiger partial charge in [0, 0.05) is 6.07 Å². The minimum absolute atomic E-state index is 0.173. The van der Waals surface area contributed by atoms with E-state index in [1.807, 2.05) is 0 Å². The van der Waals surface area contributed by atoms with E-state index >= 15 is 0 Å². The van der Waals surface area contributed by atoms with Crippen LogP contribution in [-0.2, 0) is 10.0 Å². The molecule has 0 saturated carbocycles. The van der Waals surface area contributed by atoms with Crippen LogP contribution in [0.5, 0.6) is 0 Å². The first-order chi connectivity index (χ1) is 8.88. The van der Waals surface area contributed by atoms with Crippen LogP contribution in [0.2, 0.25) is 0 Å². The minimum Gasteiger partial charge on any atom is -0.278 e. The maximum atomic E-state index is 13.4. The number of nitrogens with one attached hydrogen (secondary N) is 1. The van der Waals surface area contributed by atoms with Gasteiger partial charge in [0.1, 0.15) is 21.1 Å². The van der Waals surface area contributed by atoms with Crippen molar-refractivity contribution >= 4 is 31.6 Å². The summed E-state index contributed by atoms with van der Waals surface area (Å²) < 4.78 is 52.7. The number of anilines is 1. The molecule has 0 radical (unpaired) electrons. The second kappa shape index (κ2) is 5.22. The fraction of sp³-hybridized carbons (Fsp3) is 0. The van der Waals surface area contributed by atoms with Crippen LogP contribution in [0, 0.1) is 11.6 Å². The van der Waals surface area contributed by atoms with Crippen LogP contribution in [0.3, 0.4) is 0 Å². The van der Waals surface area contributed by atoms with Crippen molar-refractivity contribution in [3.05, 3.63) is 52.8 Å². The monoisotopic (exact) mass is 348 g/mol. The topological polar surface area (TPSA) is 59.1 Å². The third kappa shape index (κ3) is 3.27. The van der Waals surface area contributed by atoms with Crippen LogP contribution in [0.1, 0.15) is 0 Å². The van der Waals surface area contributed by atoms with Gasteiger partial charge in [0.2, 0.25) is 0 Å². The molecule has 100 valence electrons. The standard InChI is InChI=1S/C11H7BrF2N2O2S/c12-11-4-2-8(6-15-11)16-19(17,18)10-3-1-7(13)5-9(10)14/h1-6,16H. The molecule has 0 saturated heterocycles. The second-order valence-corrected chi connectivity index (χ2v) is 6.01. The van der Waals surface area contributed by atoms with E-state index in [9.17, 15) is 17.2 Å². The number of pyridine rings is 1. The SMILES string of the molecule is O=S(=O)(Nc1ccc(Br)nc1)c1ccc(F)cc1F. The molecule has 8 heteroatoms. The average molecular weight is 349 g/mol. The Morgan fingerprint density at radius 1 is 1.16 bits per heavy atom. The summed E-state index contributed by atoms with van der Waals surface area (Å²) in [7, 11) is -4.12. The Balaban J connectivity index is 2.35. The van der Waals surface area contributed by atoms with Crippen molar-refractivity contribution in [1.82, 2.24) is 4.98 Å². The zero-order valence-corrected chi connectivity index (χ0v) is 11.7. The summed E-state index contributed by atoms with van der Waals surface area (Å²) in [5.74, 6) is -2.00. The number of aromatic nitrogens is 1. The van der Waals surface area contributed by atoms with Crippen LogP contribution >= 0.6 is 15.9 Å². The quantitative estimate of drug-likeness (QED) is 0.867. The molecule has 0 aliphatic heterocycles. The summed E-state index contributed by atoms with van der Waals surface area (Å²) in [4.78, 5) is 3.20. The van der Waals surface area contributed by atoms with Gasteiger partial charge >= 0.3 is 0 Å². The fourth-order valence-electron chi connectivity index (χ4n) is 1.34. The lowest BCUT2D eigenvalue weighted by atomic mass is 10.3. The van der Waals surface area contributed by atoms with E-state index in [4.69, 9.17) is 0 Å². The van der Waals surface area contributed by atoms with E-state index in [1.165, 1.54) is 18.3 Å². The first-order valence-corrected chi connectivity index (χ1v) is 7.25. The van der Waals surface area contributed by atoms with Crippen molar-refractivity contribution < 1.29 is 17.2 Å². The van der Waals surface area contributed by atoms with Gasteiger partial charge in [-0.1, -0.05) is 0 Å². The number of benzene rings is 1. The Hall–Kier alpha value is -1.54. The summed E-state index contributed by atoms with van der Waals surface area (Å²) in [5, 5.41) is 0. The van der Waals surface area contributed by atoms with E-state index in [0.29, 0.717) is 10.7 Å². The molecule has 1 heterocycles. The molecule has 1 N–H and O–H groups in total. The van der Waals surface area contributed by atoms with Crippen molar-refractivity contribution in [2.75, 3.05) is 4.72 Å². The number of halogens is 3. The lowest BCUT2D eigenvalue weighted by Crippen LogP contribution is -2.14. The first kappa shape index (κ1) is 13.9. The molecule has 2 rings (SSSR count). The third-order valence-corrected chi connectivity index (χ3v) is 4.05. The Bertz CT molecular complexity index is 705. The number of hydrogen-bond donors (Lipinski definition) is 1. The van der Waals surface area contributed by atoms with Crippen molar-refractivity contribution in [3.63, 3.8) is 0 Å². The maximum absolute atomic E-state index is 13.4. The Morgan fingerprint density at radius 2 is 1.89 bits per heavy atom. The van der Waals surface area contributed by atoms with Crippen molar-refractivity contribution in [2.45, 2.75) is 4.90 Å². The molecule has 0 amide bonds. The highest BCUT2D eigenvalue weighted by Crippen LogP contribution is 2.19. The van der Waals surface area contributed by atoms with E-state index < -0.39 is 26.6 Å². The van der Waals surface area contributed by atoms with E-state index in [-0.39, 0.29) is 5.69 Å². The molecule has 1 aromatic carbocycles. The van der Waals surface area contributed by atoms with Crippen LogP contribution < -0.4 is 4.72 Å². The van der Waals surface area contributed by atoms with Gasteiger partial charge in [-0.15, -0.1) is 0 Å². The molecule has 19 heavy (non-hydrogen) atoms. The van der Waals surface area contributed by atoms with Crippen LogP contribution in [0.25, 0.3) is 0 Å². The predicted octanol–water partition coefficient (Wildman–Crippen LogP) is 2.92. The van der Waals surface area contributed by atoms with Crippen molar-refractivity contribution in [2.24, 2.45) is 0 Å². The number of rotatable bonds is 3. The van der Waals surface area contributed by atoms with Gasteiger partial charge in [-0.2, -0.15) is 0 Å². The summed E-state index contributed by atoms with van der Waals surface area (Å²) >= 11 is 3.10. The summed E-state index contributed by atoms with van der Waals surface area (Å²) in [6.45, 7) is 0. The van der Waals surface area contributed by atoms with Crippen LogP contribution in [-0.4, -0.2) is 13.4 Å². The van der Waals surface area contributed by atoms with Gasteiger partial charge in [-0.05, 0) is 40.2 Å². The normalized spacial score (nSPS) is 11.3. The fourth-order valence-corrected chi connectivity index (χ4v) is 2.68. The molecule has 0 fully saturated rings. The highest BCUT2D eigenvalue weighted by atomic mass is 79.9. The molecule has 0 aliphatic carbocycles. The Morgan fingerprint density at radius 3 is 2.47 bits per heavy atom. The summed E-state index contributed by atoms with van der Waals surface area (Å²) in [6, 6.07) is 5.22. The number of sulfonamides is 1. The van der Waals surface area contributed by atoms with Crippen LogP contribution in [0.4, 0.5) is 14.5 Å². The number of nitrogens with zero attached hydrogens (tertiary/aromatic N) is 1. The van der Waals surface area contributed by atoms with Crippen molar-refractivity contribution in [3.8, 4) is 0 Å². The molecule has 0 aliphatic rings. The second-order valence-electron chi connectivity index (χ2n) is 3.55. The lowest BCUT2D eigenvalue weighted by molar-refractivity contribution is 0.551. The largest absolute Gasteiger partial charge is 0.278 e. The third-order valence-electron chi connectivity index (χ3n) is 2.16. The molecule has 1 aromatic heterocycles. The van der Waals surface area contributed by atoms with E-state index in [1.54, 1.807) is 0 Å². The smallest absolute Gasteiger partial charge is 0.264 e. The van der Waals surface area contributed by atoms with Crippen LogP contribution in [0.15, 0.2) is 46.0 Å². The summed E-state index contributed by atoms with van der Waals surface area (Å²) in [6.07, 6.45) is 1.27. The zero-order valence-electron chi connectivity index (χ0n) is 9.27. The molecule has 4 nitrogen and oxygen atoms in total. The van der Waals surface area contributed by atoms with Gasteiger partial charge in [0.15, 0.2) is 0 Å². The highest BCUT2D eigenvalue weighted by molar-refractivity contribution is 9.10. The van der Waals surface area contributed by atoms with E-state index in [2.05, 4.69) is 25.6 Å². The average Bonchev–Trinajstić information content (AvgIpc) is 2.31. The minimum atomic E-state index is -4.12. The molecule has 0 spiro atoms. The lowest BCUT2D eigenvalue weighted by Gasteiger charge is -2.08. The maximum Gasteiger partial charge on any atom is 0.264 e. The molecule has 2 aromatic rings. The summed E-state index contributed by atoms with van der Waals surface area (Å²) in [5.41, 5.74) is 0.173. The molecule has 0 atom stereocenters. The zero-order chi connectivity index (χ0) is 14.0. The molecule has 0 unspecified atom stereocenters. The molecular formula is C11H7BrF2N2O2S. The van der Waals surface area contributed by atoms with Gasteiger partial charge in [-0.3, -0.25) is 4.72 Å². The van der Waals surface area contributed by atoms with Crippen molar-refractivity contribution in [1.29, 1.82) is 0 Å². The Kier molecular flexibility index (Phi) is 3.81. The highest BCUT2D eigenvalue weighted by Gasteiger charge is 2.19. The van der Waals surface area contributed by atoms with Gasteiger partial charge in [0.25, 0.3) is 10.0 Å². The first-order valence-electron chi connectivity index (χ1n) is 4.98. The molecular weight excluding hydrogens is 342 g/mol. The van der Waals surface area contributed by atoms with E-state index in [0.717, 1.165) is 12.1 Å². The predicted molar refractivity (Wildman–Crippen MR) is 69.1 cm³/mol. The van der Waals surface area contributed by atoms with Gasteiger partial charge < -0.3 is 0 Å². The molecule has 0 bridgehead atoms.